The van der Waals surface area contributed by atoms with Gasteiger partial charge in [0.1, 0.15) is 0 Å². The summed E-state index contributed by atoms with van der Waals surface area (Å²) in [5.41, 5.74) is 0.754. The molecular formula is C11H12ClNO2. The Bertz CT molecular complexity index is 398. The minimum Gasteiger partial charge on any atom is -0.493 e. The average molecular weight is 226 g/mol. The predicted octanol–water partition coefficient (Wildman–Crippen LogP) is 3.34. The molecule has 0 N–H and O–H groups in total. The van der Waals surface area contributed by atoms with E-state index in [4.69, 9.17) is 27.6 Å². The van der Waals surface area contributed by atoms with E-state index in [9.17, 15) is 0 Å². The lowest BCUT2D eigenvalue weighted by atomic mass is 10.1. The average Bonchev–Trinajstić information content (AvgIpc) is 2.27. The van der Waals surface area contributed by atoms with Gasteiger partial charge in [0.15, 0.2) is 11.5 Å². The summed E-state index contributed by atoms with van der Waals surface area (Å²) in [4.78, 5) is 3.42. The van der Waals surface area contributed by atoms with E-state index in [1.165, 1.54) is 7.11 Å². The lowest BCUT2D eigenvalue weighted by molar-refractivity contribution is 0.354. The molecule has 0 aliphatic heterocycles. The van der Waals surface area contributed by atoms with Crippen LogP contribution in [-0.2, 0) is 0 Å². The summed E-state index contributed by atoms with van der Waals surface area (Å²) in [6, 6.07) is 3.26. The minimum absolute atomic E-state index is 0.280. The number of hydrogen-bond donors (Lipinski definition) is 0. The van der Waals surface area contributed by atoms with Crippen molar-refractivity contribution in [2.24, 2.45) is 0 Å². The first-order chi connectivity index (χ1) is 7.15. The highest BCUT2D eigenvalue weighted by Gasteiger charge is 2.19. The molecule has 15 heavy (non-hydrogen) atoms. The molecule has 0 amide bonds. The van der Waals surface area contributed by atoms with E-state index in [1.807, 2.05) is 0 Å². The first-order valence-electron chi connectivity index (χ1n) is 4.42. The molecule has 0 aliphatic rings. The van der Waals surface area contributed by atoms with Crippen molar-refractivity contribution in [2.75, 3.05) is 14.2 Å². The molecule has 1 aromatic rings. The van der Waals surface area contributed by atoms with Gasteiger partial charge in [-0.3, -0.25) is 0 Å². The van der Waals surface area contributed by atoms with Gasteiger partial charge in [-0.2, -0.15) is 0 Å². The molecule has 1 unspecified atom stereocenters. The zero-order valence-electron chi connectivity index (χ0n) is 8.87. The van der Waals surface area contributed by atoms with Crippen molar-refractivity contribution in [2.45, 2.75) is 13.0 Å². The van der Waals surface area contributed by atoms with Crippen LogP contribution in [-0.4, -0.2) is 14.2 Å². The van der Waals surface area contributed by atoms with Crippen LogP contribution in [0, 0.1) is 6.57 Å². The highest BCUT2D eigenvalue weighted by atomic mass is 35.5. The Labute approximate surface area is 94.4 Å². The highest BCUT2D eigenvalue weighted by Crippen LogP contribution is 2.40. The quantitative estimate of drug-likeness (QED) is 0.737. The predicted molar refractivity (Wildman–Crippen MR) is 59.6 cm³/mol. The Kier molecular flexibility index (Phi) is 3.81. The van der Waals surface area contributed by atoms with Crippen molar-refractivity contribution >= 4 is 11.6 Å². The molecule has 4 heteroatoms. The van der Waals surface area contributed by atoms with Crippen LogP contribution < -0.4 is 9.47 Å². The molecule has 0 radical (unpaired) electrons. The van der Waals surface area contributed by atoms with Crippen LogP contribution in [0.3, 0.4) is 0 Å². The maximum Gasteiger partial charge on any atom is 0.247 e. The summed E-state index contributed by atoms with van der Waals surface area (Å²) in [6.07, 6.45) is 0. The first kappa shape index (κ1) is 11.7. The van der Waals surface area contributed by atoms with Gasteiger partial charge in [-0.05, 0) is 12.1 Å². The van der Waals surface area contributed by atoms with Crippen LogP contribution in [0.5, 0.6) is 11.5 Å². The molecule has 0 saturated carbocycles. The van der Waals surface area contributed by atoms with Crippen LogP contribution in [0.4, 0.5) is 0 Å². The summed E-state index contributed by atoms with van der Waals surface area (Å²) in [5.74, 6) is 1.05. The van der Waals surface area contributed by atoms with Crippen molar-refractivity contribution < 1.29 is 9.47 Å². The number of hydrogen-bond acceptors (Lipinski definition) is 2. The second-order valence-corrected chi connectivity index (χ2v) is 3.39. The molecule has 0 heterocycles. The summed E-state index contributed by atoms with van der Waals surface area (Å²) in [6.45, 7) is 8.75. The van der Waals surface area contributed by atoms with Gasteiger partial charge in [-0.25, -0.2) is 6.57 Å². The van der Waals surface area contributed by atoms with Crippen molar-refractivity contribution in [3.05, 3.63) is 34.1 Å². The minimum atomic E-state index is -0.280. The monoisotopic (exact) mass is 225 g/mol. The molecule has 0 aromatic heterocycles. The van der Waals surface area contributed by atoms with Crippen molar-refractivity contribution in [3.63, 3.8) is 0 Å². The van der Waals surface area contributed by atoms with Crippen LogP contribution in [0.15, 0.2) is 12.1 Å². The summed E-state index contributed by atoms with van der Waals surface area (Å²) in [5, 5.41) is 0.445. The summed E-state index contributed by atoms with van der Waals surface area (Å²) >= 11 is 6.12. The third kappa shape index (κ3) is 2.16. The Morgan fingerprint density at radius 3 is 2.47 bits per heavy atom. The van der Waals surface area contributed by atoms with Crippen molar-refractivity contribution in [1.82, 2.24) is 0 Å². The van der Waals surface area contributed by atoms with Gasteiger partial charge in [0.25, 0.3) is 0 Å². The molecule has 0 bridgehead atoms. The number of ether oxygens (including phenoxy) is 2. The summed E-state index contributed by atoms with van der Waals surface area (Å²) in [7, 11) is 3.07. The smallest absolute Gasteiger partial charge is 0.247 e. The summed E-state index contributed by atoms with van der Waals surface area (Å²) < 4.78 is 10.2. The lowest BCUT2D eigenvalue weighted by Gasteiger charge is -2.12. The van der Waals surface area contributed by atoms with E-state index in [0.29, 0.717) is 16.5 Å². The van der Waals surface area contributed by atoms with E-state index in [1.54, 1.807) is 26.2 Å². The molecule has 3 nitrogen and oxygen atoms in total. The van der Waals surface area contributed by atoms with Crippen LogP contribution >= 0.6 is 11.6 Å². The SMILES string of the molecule is [C-]#[N+]C(C)c1ccc(OC)c(OC)c1Cl. The van der Waals surface area contributed by atoms with Gasteiger partial charge >= 0.3 is 0 Å². The van der Waals surface area contributed by atoms with Gasteiger partial charge in [0.05, 0.1) is 24.8 Å². The van der Waals surface area contributed by atoms with E-state index >= 15 is 0 Å². The molecule has 80 valence electrons. The number of halogens is 1. The molecule has 0 saturated heterocycles. The number of benzene rings is 1. The van der Waals surface area contributed by atoms with Crippen molar-refractivity contribution in [3.8, 4) is 11.5 Å². The highest BCUT2D eigenvalue weighted by molar-refractivity contribution is 6.33. The van der Waals surface area contributed by atoms with E-state index in [0.717, 1.165) is 5.56 Å². The maximum absolute atomic E-state index is 6.96. The van der Waals surface area contributed by atoms with Crippen molar-refractivity contribution in [1.29, 1.82) is 0 Å². The van der Waals surface area contributed by atoms with E-state index < -0.39 is 0 Å². The fraction of sp³-hybridized carbons (Fsp3) is 0.364. The number of methoxy groups -OCH3 is 2. The Morgan fingerprint density at radius 2 is 2.00 bits per heavy atom. The second-order valence-electron chi connectivity index (χ2n) is 3.01. The molecule has 0 spiro atoms. The second kappa shape index (κ2) is 4.90. The Hall–Kier alpha value is -1.40. The first-order valence-corrected chi connectivity index (χ1v) is 4.80. The zero-order valence-corrected chi connectivity index (χ0v) is 9.63. The van der Waals surface area contributed by atoms with Crippen LogP contribution in [0.25, 0.3) is 4.85 Å². The molecule has 1 aromatic carbocycles. The Morgan fingerprint density at radius 1 is 1.33 bits per heavy atom. The number of rotatable bonds is 3. The van der Waals surface area contributed by atoms with Gasteiger partial charge in [-0.1, -0.05) is 11.6 Å². The fourth-order valence-electron chi connectivity index (χ4n) is 1.30. The standard InChI is InChI=1S/C11H12ClNO2/c1-7(13-2)8-5-6-9(14-3)11(15-4)10(8)12/h5-7H,1,3-4H3. The third-order valence-electron chi connectivity index (χ3n) is 2.16. The van der Waals surface area contributed by atoms with Gasteiger partial charge < -0.3 is 14.3 Å². The molecule has 1 atom stereocenters. The van der Waals surface area contributed by atoms with Gasteiger partial charge in [-0.15, -0.1) is 0 Å². The van der Waals surface area contributed by atoms with E-state index in [2.05, 4.69) is 4.85 Å². The molecule has 0 fully saturated rings. The molecule has 0 aliphatic carbocycles. The fourth-order valence-corrected chi connectivity index (χ4v) is 1.69. The van der Waals surface area contributed by atoms with E-state index in [-0.39, 0.29) is 6.04 Å². The maximum atomic E-state index is 6.96. The zero-order chi connectivity index (χ0) is 11.4. The third-order valence-corrected chi connectivity index (χ3v) is 2.55. The largest absolute Gasteiger partial charge is 0.493 e. The van der Waals surface area contributed by atoms with Crippen LogP contribution in [0.2, 0.25) is 5.02 Å². The van der Waals surface area contributed by atoms with Gasteiger partial charge in [0.2, 0.25) is 6.04 Å². The normalized spacial score (nSPS) is 11.7. The number of nitrogens with zero attached hydrogens (tertiary/aromatic N) is 1. The van der Waals surface area contributed by atoms with Crippen LogP contribution in [0.1, 0.15) is 18.5 Å². The topological polar surface area (TPSA) is 22.8 Å². The van der Waals surface area contributed by atoms with Gasteiger partial charge in [0, 0.05) is 6.92 Å². The Balaban J connectivity index is 3.30. The lowest BCUT2D eigenvalue weighted by Crippen LogP contribution is -1.96. The molecular weight excluding hydrogens is 214 g/mol. The molecule has 1 rings (SSSR count).